The van der Waals surface area contributed by atoms with Gasteiger partial charge in [0.1, 0.15) is 6.33 Å². The van der Waals surface area contributed by atoms with Crippen LogP contribution in [0.1, 0.15) is 61.5 Å². The van der Waals surface area contributed by atoms with Crippen molar-refractivity contribution in [2.45, 2.75) is 71.0 Å². The molecule has 4 heterocycles. The lowest BCUT2D eigenvalue weighted by Gasteiger charge is -2.51. The van der Waals surface area contributed by atoms with Gasteiger partial charge in [0.2, 0.25) is 0 Å². The summed E-state index contributed by atoms with van der Waals surface area (Å²) < 4.78 is 5.27. The molecule has 3 aromatic rings. The van der Waals surface area contributed by atoms with Crippen LogP contribution in [0.4, 0.5) is 16.2 Å². The molecule has 232 valence electrons. The van der Waals surface area contributed by atoms with E-state index in [4.69, 9.17) is 4.74 Å². The van der Waals surface area contributed by atoms with Gasteiger partial charge in [-0.2, -0.15) is 0 Å². The molecule has 3 saturated heterocycles. The van der Waals surface area contributed by atoms with Gasteiger partial charge in [0, 0.05) is 73.5 Å². The monoisotopic (exact) mass is 594 g/mol. The number of hydrogen-bond acceptors (Lipinski definition) is 7. The minimum Gasteiger partial charge on any atom is -0.449 e. The molecule has 0 unspecified atom stereocenters. The molecule has 3 aliphatic rings. The molecule has 44 heavy (non-hydrogen) atoms. The fourth-order valence-corrected chi connectivity index (χ4v) is 7.28. The number of carbonyl (C=O) groups is 1. The molecule has 8 heteroatoms. The second-order valence-electron chi connectivity index (χ2n) is 12.8. The summed E-state index contributed by atoms with van der Waals surface area (Å²) in [4.78, 5) is 30.7. The summed E-state index contributed by atoms with van der Waals surface area (Å²) >= 11 is 0. The zero-order valence-electron chi connectivity index (χ0n) is 26.5. The normalized spacial score (nSPS) is 19.5. The molecule has 0 radical (unpaired) electrons. The summed E-state index contributed by atoms with van der Waals surface area (Å²) in [7, 11) is 0. The third-order valence-electron chi connectivity index (χ3n) is 10.1. The van der Waals surface area contributed by atoms with Crippen LogP contribution in [0.2, 0.25) is 0 Å². The van der Waals surface area contributed by atoms with E-state index < -0.39 is 0 Å². The molecule has 1 amide bonds. The van der Waals surface area contributed by atoms with Crippen molar-refractivity contribution in [3.05, 3.63) is 90.0 Å². The lowest BCUT2D eigenvalue weighted by atomic mass is 9.85. The second kappa shape index (κ2) is 13.0. The molecular weight excluding hydrogens is 548 g/mol. The van der Waals surface area contributed by atoms with E-state index >= 15 is 0 Å². The van der Waals surface area contributed by atoms with Gasteiger partial charge in [-0.1, -0.05) is 36.9 Å². The number of carbonyl (C=O) groups excluding carboxylic acids is 1. The maximum atomic E-state index is 12.3. The first-order valence-corrected chi connectivity index (χ1v) is 16.1. The standard InChI is InChI=1S/C36H46N6O2/c1-27-34(28(2)38-26-37-27)29(3)39-22-17-36(4,18-23-39)40-20-15-33(16-21-40)42(25-30-9-6-5-7-10-30)32-13-11-31(12-14-32)41-19-8-24-44-35(41)43/h5-7,9-14,26,33H,3,8,15-25H2,1-2,4H3. The van der Waals surface area contributed by atoms with Crippen LogP contribution in [-0.2, 0) is 11.3 Å². The van der Waals surface area contributed by atoms with Crippen molar-refractivity contribution >= 4 is 23.2 Å². The number of piperidine rings is 2. The van der Waals surface area contributed by atoms with Crippen LogP contribution in [0.5, 0.6) is 0 Å². The number of ether oxygens (including phenoxy) is 1. The van der Waals surface area contributed by atoms with Crippen molar-refractivity contribution < 1.29 is 9.53 Å². The zero-order valence-corrected chi connectivity index (χ0v) is 26.5. The van der Waals surface area contributed by atoms with Gasteiger partial charge >= 0.3 is 6.09 Å². The maximum absolute atomic E-state index is 12.3. The van der Waals surface area contributed by atoms with Crippen molar-refractivity contribution in [3.63, 3.8) is 0 Å². The molecule has 0 spiro atoms. The van der Waals surface area contributed by atoms with Crippen molar-refractivity contribution in [1.29, 1.82) is 0 Å². The fraction of sp³-hybridized carbons (Fsp3) is 0.472. The number of benzene rings is 2. The molecule has 8 nitrogen and oxygen atoms in total. The summed E-state index contributed by atoms with van der Waals surface area (Å²) in [6, 6.07) is 19.7. The Bertz CT molecular complexity index is 1420. The average Bonchev–Trinajstić information content (AvgIpc) is 3.05. The van der Waals surface area contributed by atoms with E-state index in [1.54, 1.807) is 11.2 Å². The van der Waals surface area contributed by atoms with Crippen LogP contribution in [0, 0.1) is 13.8 Å². The van der Waals surface area contributed by atoms with Gasteiger partial charge < -0.3 is 14.5 Å². The molecule has 0 N–H and O–H groups in total. The van der Waals surface area contributed by atoms with Crippen LogP contribution in [-0.4, -0.2) is 76.8 Å². The molecule has 0 aliphatic carbocycles. The van der Waals surface area contributed by atoms with Crippen LogP contribution in [0.15, 0.2) is 67.5 Å². The van der Waals surface area contributed by atoms with Gasteiger partial charge in [0.15, 0.2) is 0 Å². The van der Waals surface area contributed by atoms with Gasteiger partial charge in [-0.05, 0) is 82.7 Å². The zero-order chi connectivity index (χ0) is 30.7. The Labute approximate surface area is 262 Å². The SMILES string of the molecule is C=C(c1c(C)ncnc1C)N1CCC(C)(N2CCC(N(Cc3ccccc3)c3ccc(N4CCCOC4=O)cc3)CC2)CC1. The summed E-state index contributed by atoms with van der Waals surface area (Å²) in [6.45, 7) is 17.3. The van der Waals surface area contributed by atoms with Crippen molar-refractivity contribution in [2.24, 2.45) is 0 Å². The van der Waals surface area contributed by atoms with Crippen molar-refractivity contribution in [3.8, 4) is 0 Å². The summed E-state index contributed by atoms with van der Waals surface area (Å²) in [6.07, 6.45) is 6.74. The minimum atomic E-state index is -0.250. The fourth-order valence-electron chi connectivity index (χ4n) is 7.28. The highest BCUT2D eigenvalue weighted by Gasteiger charge is 2.39. The smallest absolute Gasteiger partial charge is 0.414 e. The predicted molar refractivity (Wildman–Crippen MR) is 177 cm³/mol. The van der Waals surface area contributed by atoms with Gasteiger partial charge in [0.25, 0.3) is 0 Å². The largest absolute Gasteiger partial charge is 0.449 e. The predicted octanol–water partition coefficient (Wildman–Crippen LogP) is 6.44. The van der Waals surface area contributed by atoms with Gasteiger partial charge in [-0.15, -0.1) is 0 Å². The Morgan fingerprint density at radius 2 is 1.61 bits per heavy atom. The number of amides is 1. The third-order valence-corrected chi connectivity index (χ3v) is 10.1. The molecule has 2 aromatic carbocycles. The lowest BCUT2D eigenvalue weighted by Crippen LogP contribution is -2.57. The van der Waals surface area contributed by atoms with E-state index in [-0.39, 0.29) is 11.6 Å². The van der Waals surface area contributed by atoms with Crippen LogP contribution < -0.4 is 9.80 Å². The molecule has 0 atom stereocenters. The maximum Gasteiger partial charge on any atom is 0.414 e. The number of rotatable bonds is 8. The highest BCUT2D eigenvalue weighted by Crippen LogP contribution is 2.36. The number of aromatic nitrogens is 2. The second-order valence-corrected chi connectivity index (χ2v) is 12.8. The van der Waals surface area contributed by atoms with E-state index in [0.29, 0.717) is 19.2 Å². The number of anilines is 2. The highest BCUT2D eigenvalue weighted by atomic mass is 16.6. The molecule has 1 aromatic heterocycles. The van der Waals surface area contributed by atoms with Gasteiger partial charge in [-0.3, -0.25) is 9.80 Å². The van der Waals surface area contributed by atoms with E-state index in [0.717, 1.165) is 93.2 Å². The van der Waals surface area contributed by atoms with E-state index in [2.05, 4.69) is 92.8 Å². The third kappa shape index (κ3) is 6.32. The molecular formula is C36H46N6O2. The topological polar surface area (TPSA) is 65.0 Å². The number of nitrogens with zero attached hydrogens (tertiary/aromatic N) is 6. The molecule has 3 fully saturated rings. The average molecular weight is 595 g/mol. The molecule has 6 rings (SSSR count). The molecule has 0 bridgehead atoms. The lowest BCUT2D eigenvalue weighted by molar-refractivity contribution is 0.0298. The quantitative estimate of drug-likeness (QED) is 0.298. The molecule has 3 aliphatic heterocycles. The highest BCUT2D eigenvalue weighted by molar-refractivity contribution is 5.88. The summed E-state index contributed by atoms with van der Waals surface area (Å²) in [5, 5.41) is 0. The van der Waals surface area contributed by atoms with Crippen molar-refractivity contribution in [1.82, 2.24) is 19.8 Å². The first-order valence-electron chi connectivity index (χ1n) is 16.1. The minimum absolute atomic E-state index is 0.188. The Morgan fingerprint density at radius 1 is 0.955 bits per heavy atom. The summed E-state index contributed by atoms with van der Waals surface area (Å²) in [5.74, 6) is 0. The van der Waals surface area contributed by atoms with Crippen LogP contribution >= 0.6 is 0 Å². The van der Waals surface area contributed by atoms with E-state index in [1.165, 1.54) is 11.3 Å². The number of hydrogen-bond donors (Lipinski definition) is 0. The Kier molecular flexibility index (Phi) is 8.89. The van der Waals surface area contributed by atoms with Crippen LogP contribution in [0.25, 0.3) is 5.70 Å². The number of aryl methyl sites for hydroxylation is 2. The van der Waals surface area contributed by atoms with Gasteiger partial charge in [0.05, 0.1) is 18.0 Å². The Morgan fingerprint density at radius 3 is 2.25 bits per heavy atom. The summed E-state index contributed by atoms with van der Waals surface area (Å²) in [5.41, 5.74) is 7.76. The number of cyclic esters (lactones) is 1. The van der Waals surface area contributed by atoms with Crippen LogP contribution in [0.3, 0.4) is 0 Å². The molecule has 0 saturated carbocycles. The first kappa shape index (κ1) is 30.1. The van der Waals surface area contributed by atoms with Gasteiger partial charge in [-0.25, -0.2) is 14.8 Å². The Balaban J connectivity index is 1.11. The Hall–Kier alpha value is -3.91. The first-order chi connectivity index (χ1) is 21.3. The van der Waals surface area contributed by atoms with E-state index in [9.17, 15) is 4.79 Å². The van der Waals surface area contributed by atoms with Crippen molar-refractivity contribution in [2.75, 3.05) is 49.1 Å². The number of likely N-dealkylation sites (tertiary alicyclic amines) is 2. The van der Waals surface area contributed by atoms with E-state index in [1.807, 2.05) is 13.8 Å².